The fourth-order valence-electron chi connectivity index (χ4n) is 5.70. The molecule has 0 amide bonds. The summed E-state index contributed by atoms with van der Waals surface area (Å²) >= 11 is 0. The van der Waals surface area contributed by atoms with Crippen molar-refractivity contribution >= 4 is 10.4 Å². The molecule has 4 rings (SSSR count). The van der Waals surface area contributed by atoms with E-state index in [0.29, 0.717) is 0 Å². The lowest BCUT2D eigenvalue weighted by molar-refractivity contribution is -0.310. The summed E-state index contributed by atoms with van der Waals surface area (Å²) in [4.78, 5) is 0. The van der Waals surface area contributed by atoms with Crippen LogP contribution in [0.25, 0.3) is 0 Å². The number of hydrogen-bond acceptors (Lipinski definition) is 23. The average Bonchev–Trinajstić information content (AvgIpc) is 3.30. The van der Waals surface area contributed by atoms with Crippen LogP contribution in [0.15, 0.2) is 0 Å². The number of ether oxygens (including phenoxy) is 6. The molecule has 278 valence electrons. The minimum atomic E-state index is -5.17. The van der Waals surface area contributed by atoms with Crippen LogP contribution in [0, 0.1) is 0 Å². The summed E-state index contributed by atoms with van der Waals surface area (Å²) in [7, 11) is -5.17. The number of nitrogens with two attached hydrogens (primary N) is 5. The van der Waals surface area contributed by atoms with Crippen LogP contribution in [0.5, 0.6) is 0 Å². The van der Waals surface area contributed by atoms with Crippen LogP contribution in [0.3, 0.4) is 0 Å². The van der Waals surface area contributed by atoms with E-state index in [2.05, 4.69) is 0 Å². The van der Waals surface area contributed by atoms with E-state index in [1.807, 2.05) is 0 Å². The number of hydrogen-bond donors (Lipinski definition) is 13. The van der Waals surface area contributed by atoms with Gasteiger partial charge in [-0.2, -0.15) is 0 Å². The molecular formula is C23H45N5O18S-2. The van der Waals surface area contributed by atoms with E-state index >= 15 is 0 Å². The zero-order valence-corrected chi connectivity index (χ0v) is 25.6. The molecule has 0 spiro atoms. The molecule has 24 heteroatoms. The highest BCUT2D eigenvalue weighted by Gasteiger charge is 2.54. The Balaban J connectivity index is 0.00000111. The first-order chi connectivity index (χ1) is 21.8. The van der Waals surface area contributed by atoms with Crippen LogP contribution < -0.4 is 28.7 Å². The molecule has 1 aliphatic carbocycles. The van der Waals surface area contributed by atoms with E-state index in [1.54, 1.807) is 0 Å². The van der Waals surface area contributed by atoms with Crippen LogP contribution in [0.4, 0.5) is 0 Å². The van der Waals surface area contributed by atoms with Gasteiger partial charge < -0.3 is 107 Å². The zero-order valence-electron chi connectivity index (χ0n) is 24.8. The quantitative estimate of drug-likeness (QED) is 0.0779. The fourth-order valence-corrected chi connectivity index (χ4v) is 5.70. The van der Waals surface area contributed by atoms with Gasteiger partial charge in [0.15, 0.2) is 18.9 Å². The van der Waals surface area contributed by atoms with Crippen molar-refractivity contribution in [1.82, 2.24) is 0 Å². The van der Waals surface area contributed by atoms with Gasteiger partial charge in [0.25, 0.3) is 0 Å². The lowest BCUT2D eigenvalue weighted by atomic mass is 9.84. The van der Waals surface area contributed by atoms with Gasteiger partial charge in [-0.25, -0.2) is 0 Å². The molecule has 0 bridgehead atoms. The van der Waals surface area contributed by atoms with Crippen molar-refractivity contribution in [3.05, 3.63) is 0 Å². The second-order valence-corrected chi connectivity index (χ2v) is 12.4. The Morgan fingerprint density at radius 2 is 1.02 bits per heavy atom. The van der Waals surface area contributed by atoms with E-state index in [-0.39, 0.29) is 13.0 Å². The maximum atomic E-state index is 11.1. The van der Waals surface area contributed by atoms with Crippen LogP contribution in [0.1, 0.15) is 6.42 Å². The first-order valence-electron chi connectivity index (χ1n) is 14.5. The molecule has 47 heavy (non-hydrogen) atoms. The summed E-state index contributed by atoms with van der Waals surface area (Å²) in [5.41, 5.74) is 29.9. The molecule has 3 aliphatic heterocycles. The SMILES string of the molecule is NCC1O[C@H](O[C@H]2[C@@H](O)[C@H](O[C@@H]3[C@@H](O)[C@H](N)C[C@H](N)[C@H]3O[C@H]3O[C@H](CO)[C@@H](O)[C@H](O)[C@H]3N)O[C@@H]2CO)[C@H](N)[C@@H](O)[C@@H]1O.O=S(=O)([O-])[O-]. The van der Waals surface area contributed by atoms with Crippen molar-refractivity contribution in [1.29, 1.82) is 0 Å². The Bertz CT molecular complexity index is 1070. The van der Waals surface area contributed by atoms with E-state index in [9.17, 15) is 40.9 Å². The van der Waals surface area contributed by atoms with E-state index in [4.69, 9.17) is 74.6 Å². The largest absolute Gasteiger partial charge is 0.759 e. The number of rotatable bonds is 9. The van der Waals surface area contributed by atoms with Gasteiger partial charge in [-0.15, -0.1) is 0 Å². The minimum Gasteiger partial charge on any atom is -0.759 e. The molecule has 19 atom stereocenters. The second-order valence-electron chi connectivity index (χ2n) is 11.6. The Hall–Kier alpha value is -0.890. The van der Waals surface area contributed by atoms with E-state index < -0.39 is 140 Å². The third-order valence-corrected chi connectivity index (χ3v) is 8.32. The van der Waals surface area contributed by atoms with Crippen molar-refractivity contribution < 1.29 is 86.8 Å². The first kappa shape index (κ1) is 40.5. The highest BCUT2D eigenvalue weighted by Crippen LogP contribution is 2.34. The number of aliphatic hydroxyl groups is 8. The first-order valence-corrected chi connectivity index (χ1v) is 15.8. The van der Waals surface area contributed by atoms with Gasteiger partial charge in [-0.1, -0.05) is 0 Å². The van der Waals surface area contributed by atoms with Crippen molar-refractivity contribution in [3.8, 4) is 0 Å². The van der Waals surface area contributed by atoms with Gasteiger partial charge in [0.2, 0.25) is 0 Å². The average molecular weight is 712 g/mol. The highest BCUT2D eigenvalue weighted by atomic mass is 32.3. The third kappa shape index (κ3) is 9.67. The molecular weight excluding hydrogens is 666 g/mol. The lowest BCUT2D eigenvalue weighted by Crippen LogP contribution is -2.68. The third-order valence-electron chi connectivity index (χ3n) is 8.32. The minimum absolute atomic E-state index is 0.0642. The molecule has 0 aromatic heterocycles. The molecule has 0 aromatic rings. The molecule has 23 nitrogen and oxygen atoms in total. The van der Waals surface area contributed by atoms with Crippen molar-refractivity contribution in [2.45, 2.75) is 123 Å². The van der Waals surface area contributed by atoms with Crippen LogP contribution in [-0.4, -0.2) is 194 Å². The van der Waals surface area contributed by atoms with Gasteiger partial charge in [0.1, 0.15) is 67.1 Å². The molecule has 1 unspecified atom stereocenters. The highest BCUT2D eigenvalue weighted by molar-refractivity contribution is 7.79. The predicted molar refractivity (Wildman–Crippen MR) is 147 cm³/mol. The van der Waals surface area contributed by atoms with Crippen LogP contribution >= 0.6 is 0 Å². The summed E-state index contributed by atoms with van der Waals surface area (Å²) in [6, 6.07) is -4.30. The van der Waals surface area contributed by atoms with Gasteiger partial charge in [-0.05, 0) is 6.42 Å². The van der Waals surface area contributed by atoms with Gasteiger partial charge in [0, 0.05) is 29.0 Å². The molecule has 4 fully saturated rings. The topological polar surface area (TPSA) is 428 Å². The molecule has 1 saturated carbocycles. The van der Waals surface area contributed by atoms with Gasteiger partial charge >= 0.3 is 0 Å². The monoisotopic (exact) mass is 711 g/mol. The van der Waals surface area contributed by atoms with Crippen molar-refractivity contribution in [2.75, 3.05) is 19.8 Å². The molecule has 0 aromatic carbocycles. The Morgan fingerprint density at radius 1 is 0.596 bits per heavy atom. The normalized spacial score (nSPS) is 49.3. The van der Waals surface area contributed by atoms with E-state index in [1.165, 1.54) is 0 Å². The lowest BCUT2D eigenvalue weighted by Gasteiger charge is -2.47. The Labute approximate surface area is 268 Å². The summed E-state index contributed by atoms with van der Waals surface area (Å²) in [5, 5.41) is 82.3. The summed E-state index contributed by atoms with van der Waals surface area (Å²) < 4.78 is 68.5. The summed E-state index contributed by atoms with van der Waals surface area (Å²) in [5.74, 6) is 0. The Morgan fingerprint density at radius 3 is 1.51 bits per heavy atom. The van der Waals surface area contributed by atoms with Gasteiger partial charge in [-0.3, -0.25) is 8.42 Å². The molecule has 18 N–H and O–H groups in total. The van der Waals surface area contributed by atoms with Gasteiger partial charge in [0.05, 0.1) is 31.4 Å². The second kappa shape index (κ2) is 16.9. The van der Waals surface area contributed by atoms with Crippen LogP contribution in [-0.2, 0) is 38.8 Å². The van der Waals surface area contributed by atoms with Crippen LogP contribution in [0.2, 0.25) is 0 Å². The Kier molecular flexibility index (Phi) is 14.6. The van der Waals surface area contributed by atoms with Crippen molar-refractivity contribution in [3.63, 3.8) is 0 Å². The standard InChI is InChI=1S/C23H45N5O14.H2O4S/c24-2-7-13(32)15(34)10(27)21(37-7)41-19-9(4-30)39-23(17(19)36)42-20-12(31)5(25)1-6(26)18(20)40-22-11(28)16(35)14(33)8(3-29)38-22;1-5(2,3)4/h5-23,29-36H,1-4,24-28H2;(H2,1,2,3,4)/p-2/t5-,6+,7?,8-,9-,10-,11-,12+,13-,14-,15-,16-,17-,18-,19-,20-,21-,22-,23+;/m1./s1. The smallest absolute Gasteiger partial charge is 0.187 e. The summed E-state index contributed by atoms with van der Waals surface area (Å²) in [6.45, 7) is -1.49. The van der Waals surface area contributed by atoms with Crippen molar-refractivity contribution in [2.24, 2.45) is 28.7 Å². The summed E-state index contributed by atoms with van der Waals surface area (Å²) in [6.07, 6.45) is -20.5. The molecule has 3 heterocycles. The van der Waals surface area contributed by atoms with E-state index in [0.717, 1.165) is 0 Å². The maximum absolute atomic E-state index is 11.1. The molecule has 4 aliphatic rings. The number of aliphatic hydroxyl groups excluding tert-OH is 8. The zero-order chi connectivity index (χ0) is 35.5. The molecule has 3 saturated heterocycles. The fraction of sp³-hybridized carbons (Fsp3) is 1.00. The predicted octanol–water partition coefficient (Wildman–Crippen LogP) is -10.2. The molecule has 0 radical (unpaired) electrons. The maximum Gasteiger partial charge on any atom is 0.187 e.